The second kappa shape index (κ2) is 7.40. The summed E-state index contributed by atoms with van der Waals surface area (Å²) in [6, 6.07) is -0.251. The molecule has 106 valence electrons. The van der Waals surface area contributed by atoms with Gasteiger partial charge >= 0.3 is 12.0 Å². The summed E-state index contributed by atoms with van der Waals surface area (Å²) in [4.78, 5) is 27.7. The molecule has 1 aromatic rings. The first kappa shape index (κ1) is 15.0. The third-order valence-corrected chi connectivity index (χ3v) is 2.74. The van der Waals surface area contributed by atoms with Crippen LogP contribution in [0.25, 0.3) is 0 Å². The summed E-state index contributed by atoms with van der Waals surface area (Å²) in [5, 5.41) is 11.5. The van der Waals surface area contributed by atoms with Crippen LogP contribution < -0.4 is 5.32 Å². The maximum Gasteiger partial charge on any atom is 0.317 e. The molecule has 0 aliphatic carbocycles. The number of aryl methyl sites for hydroxylation is 1. The van der Waals surface area contributed by atoms with Gasteiger partial charge in [-0.2, -0.15) is 0 Å². The van der Waals surface area contributed by atoms with Crippen LogP contribution in [0.5, 0.6) is 0 Å². The first-order valence-corrected chi connectivity index (χ1v) is 6.18. The molecule has 1 unspecified atom stereocenters. The van der Waals surface area contributed by atoms with E-state index in [-0.39, 0.29) is 12.6 Å². The van der Waals surface area contributed by atoms with Crippen LogP contribution in [0.4, 0.5) is 4.79 Å². The predicted molar refractivity (Wildman–Crippen MR) is 69.7 cm³/mol. The Morgan fingerprint density at radius 3 is 2.84 bits per heavy atom. The van der Waals surface area contributed by atoms with E-state index in [9.17, 15) is 9.59 Å². The summed E-state index contributed by atoms with van der Waals surface area (Å²) in [5.74, 6) is -1.47. The number of carbonyl (C=O) groups excluding carboxylic acids is 1. The average Bonchev–Trinajstić information content (AvgIpc) is 2.87. The molecule has 0 fully saturated rings. The number of nitrogens with zero attached hydrogens (tertiary/aromatic N) is 3. The Morgan fingerprint density at radius 1 is 1.53 bits per heavy atom. The molecule has 0 aliphatic heterocycles. The number of hydrogen-bond acceptors (Lipinski definition) is 3. The average molecular weight is 268 g/mol. The molecule has 1 atom stereocenters. The summed E-state index contributed by atoms with van der Waals surface area (Å²) in [7, 11) is 1.59. The van der Waals surface area contributed by atoms with Gasteiger partial charge in [0.15, 0.2) is 0 Å². The highest BCUT2D eigenvalue weighted by Crippen LogP contribution is 1.98. The largest absolute Gasteiger partial charge is 0.481 e. The fourth-order valence-electron chi connectivity index (χ4n) is 1.58. The van der Waals surface area contributed by atoms with Gasteiger partial charge in [0.25, 0.3) is 0 Å². The highest BCUT2D eigenvalue weighted by atomic mass is 16.4. The molecule has 7 heteroatoms. The van der Waals surface area contributed by atoms with Crippen molar-refractivity contribution in [2.45, 2.75) is 19.9 Å². The van der Waals surface area contributed by atoms with E-state index in [1.807, 2.05) is 10.8 Å². The van der Waals surface area contributed by atoms with Crippen molar-refractivity contribution in [2.24, 2.45) is 5.92 Å². The lowest BCUT2D eigenvalue weighted by atomic mass is 10.2. The number of nitrogens with one attached hydrogen (secondary N) is 1. The molecule has 0 aromatic carbocycles. The summed E-state index contributed by atoms with van der Waals surface area (Å²) in [6.07, 6.45) is 6.09. The lowest BCUT2D eigenvalue weighted by molar-refractivity contribution is -0.141. The molecule has 0 spiro atoms. The summed E-state index contributed by atoms with van der Waals surface area (Å²) in [6.45, 7) is 3.10. The lowest BCUT2D eigenvalue weighted by Gasteiger charge is -2.20. The van der Waals surface area contributed by atoms with Crippen molar-refractivity contribution in [3.8, 4) is 0 Å². The van der Waals surface area contributed by atoms with Crippen molar-refractivity contribution in [1.82, 2.24) is 19.8 Å². The number of imidazole rings is 1. The molecule has 0 bridgehead atoms. The van der Waals surface area contributed by atoms with E-state index < -0.39 is 11.9 Å². The van der Waals surface area contributed by atoms with Gasteiger partial charge in [-0.05, 0) is 6.42 Å². The fourth-order valence-corrected chi connectivity index (χ4v) is 1.58. The zero-order valence-corrected chi connectivity index (χ0v) is 11.2. The second-order valence-corrected chi connectivity index (χ2v) is 4.51. The Balaban J connectivity index is 2.17. The van der Waals surface area contributed by atoms with Crippen LogP contribution in [-0.2, 0) is 11.3 Å². The molecule has 0 saturated carbocycles. The second-order valence-electron chi connectivity index (χ2n) is 4.51. The Morgan fingerprint density at radius 2 is 2.26 bits per heavy atom. The van der Waals surface area contributed by atoms with Crippen LogP contribution in [0.1, 0.15) is 13.3 Å². The molecule has 19 heavy (non-hydrogen) atoms. The monoisotopic (exact) mass is 268 g/mol. The highest BCUT2D eigenvalue weighted by molar-refractivity contribution is 5.75. The summed E-state index contributed by atoms with van der Waals surface area (Å²) < 4.78 is 1.93. The third kappa shape index (κ3) is 5.41. The standard InChI is InChI=1S/C12H20N4O3/c1-10(11(17)18)8-15(2)12(19)14-4-3-6-16-7-5-13-9-16/h5,7,9-10H,3-4,6,8H2,1-2H3,(H,14,19)(H,17,18). The van der Waals surface area contributed by atoms with E-state index in [1.165, 1.54) is 4.90 Å². The zero-order valence-electron chi connectivity index (χ0n) is 11.2. The maximum atomic E-state index is 11.7. The number of carbonyl (C=O) groups is 2. The van der Waals surface area contributed by atoms with Crippen LogP contribution in [-0.4, -0.2) is 51.7 Å². The zero-order chi connectivity index (χ0) is 14.3. The normalized spacial score (nSPS) is 11.9. The number of aromatic nitrogens is 2. The number of carboxylic acid groups (broad SMARTS) is 1. The van der Waals surface area contributed by atoms with E-state index >= 15 is 0 Å². The minimum Gasteiger partial charge on any atom is -0.481 e. The Labute approximate surface area is 112 Å². The molecule has 0 radical (unpaired) electrons. The molecule has 2 amide bonds. The van der Waals surface area contributed by atoms with E-state index in [0.717, 1.165) is 13.0 Å². The summed E-state index contributed by atoms with van der Waals surface area (Å²) in [5.41, 5.74) is 0. The van der Waals surface area contributed by atoms with Crippen LogP contribution >= 0.6 is 0 Å². The van der Waals surface area contributed by atoms with Gasteiger partial charge in [-0.1, -0.05) is 6.92 Å². The highest BCUT2D eigenvalue weighted by Gasteiger charge is 2.16. The molecule has 0 aliphatic rings. The molecule has 1 rings (SSSR count). The van der Waals surface area contributed by atoms with Gasteiger partial charge in [-0.25, -0.2) is 9.78 Å². The molecular weight excluding hydrogens is 248 g/mol. The van der Waals surface area contributed by atoms with E-state index in [0.29, 0.717) is 6.54 Å². The maximum absolute atomic E-state index is 11.7. The smallest absolute Gasteiger partial charge is 0.317 e. The van der Waals surface area contributed by atoms with Crippen LogP contribution in [0, 0.1) is 5.92 Å². The molecule has 1 heterocycles. The topological polar surface area (TPSA) is 87.5 Å². The van der Waals surface area contributed by atoms with Crippen molar-refractivity contribution >= 4 is 12.0 Å². The first-order chi connectivity index (χ1) is 9.00. The number of carboxylic acids is 1. The van der Waals surface area contributed by atoms with Crippen molar-refractivity contribution in [1.29, 1.82) is 0 Å². The minimum absolute atomic E-state index is 0.197. The van der Waals surface area contributed by atoms with Gasteiger partial charge < -0.3 is 19.9 Å². The lowest BCUT2D eigenvalue weighted by Crippen LogP contribution is -2.41. The first-order valence-electron chi connectivity index (χ1n) is 6.18. The predicted octanol–water partition coefficient (Wildman–Crippen LogP) is 0.635. The van der Waals surface area contributed by atoms with Crippen molar-refractivity contribution in [3.05, 3.63) is 18.7 Å². The van der Waals surface area contributed by atoms with Crippen LogP contribution in [0.2, 0.25) is 0 Å². The van der Waals surface area contributed by atoms with E-state index in [1.54, 1.807) is 26.5 Å². The van der Waals surface area contributed by atoms with E-state index in [4.69, 9.17) is 5.11 Å². The quantitative estimate of drug-likeness (QED) is 0.710. The van der Waals surface area contributed by atoms with Gasteiger partial charge in [0.05, 0.1) is 12.2 Å². The molecule has 2 N–H and O–H groups in total. The minimum atomic E-state index is -0.903. The van der Waals surface area contributed by atoms with Gasteiger partial charge in [0.2, 0.25) is 0 Å². The van der Waals surface area contributed by atoms with E-state index in [2.05, 4.69) is 10.3 Å². The Bertz CT molecular complexity index is 405. The molecule has 1 aromatic heterocycles. The third-order valence-electron chi connectivity index (χ3n) is 2.74. The number of aliphatic carboxylic acids is 1. The Kier molecular flexibility index (Phi) is 5.84. The van der Waals surface area contributed by atoms with Crippen molar-refractivity contribution in [3.63, 3.8) is 0 Å². The number of urea groups is 1. The number of amides is 2. The van der Waals surface area contributed by atoms with Gasteiger partial charge in [0.1, 0.15) is 0 Å². The van der Waals surface area contributed by atoms with Gasteiger partial charge in [-0.15, -0.1) is 0 Å². The number of hydrogen-bond donors (Lipinski definition) is 2. The molecule has 0 saturated heterocycles. The Hall–Kier alpha value is -2.05. The van der Waals surface area contributed by atoms with Crippen molar-refractivity contribution < 1.29 is 14.7 Å². The SMILES string of the molecule is CC(CN(C)C(=O)NCCCn1ccnc1)C(=O)O. The molecule has 7 nitrogen and oxygen atoms in total. The van der Waals surface area contributed by atoms with Gasteiger partial charge in [-0.3, -0.25) is 4.79 Å². The molecular formula is C12H20N4O3. The van der Waals surface area contributed by atoms with Gasteiger partial charge in [0, 0.05) is 39.1 Å². The number of rotatable bonds is 7. The fraction of sp³-hybridized carbons (Fsp3) is 0.583. The van der Waals surface area contributed by atoms with Crippen LogP contribution in [0.3, 0.4) is 0 Å². The van der Waals surface area contributed by atoms with Crippen molar-refractivity contribution in [2.75, 3.05) is 20.1 Å². The summed E-state index contributed by atoms with van der Waals surface area (Å²) >= 11 is 0. The van der Waals surface area contributed by atoms with Crippen LogP contribution in [0.15, 0.2) is 18.7 Å².